The number of nitrogens with two attached hydrogens (primary N) is 1. The molecule has 0 fully saturated rings. The van der Waals surface area contributed by atoms with E-state index < -0.39 is 5.91 Å². The number of amides is 1. The number of primary amides is 1. The minimum Gasteiger partial charge on any atom is -0.507 e. The number of hydrogen-bond donors (Lipinski definition) is 3. The number of nitrogens with zero attached hydrogens (tertiary/aromatic N) is 2. The molecule has 0 radical (unpaired) electrons. The van der Waals surface area contributed by atoms with Crippen molar-refractivity contribution in [1.82, 2.24) is 9.97 Å². The van der Waals surface area contributed by atoms with Crippen molar-refractivity contribution in [2.24, 2.45) is 5.73 Å². The number of anilines is 2. The Kier molecular flexibility index (Phi) is 4.31. The summed E-state index contributed by atoms with van der Waals surface area (Å²) in [6, 6.07) is 13.4. The molecule has 0 saturated carbocycles. The third-order valence-electron chi connectivity index (χ3n) is 3.29. The first-order valence-corrected chi connectivity index (χ1v) is 7.39. The lowest BCUT2D eigenvalue weighted by Gasteiger charge is -2.08. The summed E-state index contributed by atoms with van der Waals surface area (Å²) in [5.41, 5.74) is 7.26. The van der Waals surface area contributed by atoms with Crippen molar-refractivity contribution >= 4 is 29.1 Å². The number of halogens is 1. The zero-order valence-corrected chi connectivity index (χ0v) is 13.2. The minimum atomic E-state index is -0.708. The second kappa shape index (κ2) is 6.55. The molecule has 120 valence electrons. The highest BCUT2D eigenvalue weighted by atomic mass is 35.5. The summed E-state index contributed by atoms with van der Waals surface area (Å²) in [7, 11) is 0. The van der Waals surface area contributed by atoms with Gasteiger partial charge in [-0.3, -0.25) is 4.79 Å². The van der Waals surface area contributed by atoms with E-state index in [0.717, 1.165) is 5.69 Å². The molecule has 24 heavy (non-hydrogen) atoms. The van der Waals surface area contributed by atoms with Gasteiger partial charge in [0, 0.05) is 22.5 Å². The van der Waals surface area contributed by atoms with E-state index in [1.54, 1.807) is 30.5 Å². The second-order valence-corrected chi connectivity index (χ2v) is 5.43. The van der Waals surface area contributed by atoms with Crippen molar-refractivity contribution in [1.29, 1.82) is 0 Å². The average Bonchev–Trinajstić information content (AvgIpc) is 2.55. The van der Waals surface area contributed by atoms with E-state index in [4.69, 9.17) is 17.3 Å². The van der Waals surface area contributed by atoms with E-state index in [0.29, 0.717) is 22.2 Å². The molecule has 1 heterocycles. The lowest BCUT2D eigenvalue weighted by Crippen LogP contribution is -2.11. The van der Waals surface area contributed by atoms with Crippen molar-refractivity contribution in [3.05, 3.63) is 65.3 Å². The van der Waals surface area contributed by atoms with Gasteiger partial charge in [0.15, 0.2) is 0 Å². The molecule has 0 unspecified atom stereocenters. The number of aromatic nitrogens is 2. The van der Waals surface area contributed by atoms with Crippen LogP contribution in [0.15, 0.2) is 54.7 Å². The summed E-state index contributed by atoms with van der Waals surface area (Å²) >= 11 is 5.95. The van der Waals surface area contributed by atoms with Crippen molar-refractivity contribution in [2.45, 2.75) is 0 Å². The number of phenols is 1. The minimum absolute atomic E-state index is 0.0375. The zero-order valence-electron chi connectivity index (χ0n) is 12.4. The van der Waals surface area contributed by atoms with E-state index >= 15 is 0 Å². The predicted molar refractivity (Wildman–Crippen MR) is 92.4 cm³/mol. The Balaban J connectivity index is 1.93. The maximum atomic E-state index is 11.3. The molecule has 6 nitrogen and oxygen atoms in total. The van der Waals surface area contributed by atoms with Gasteiger partial charge >= 0.3 is 0 Å². The Morgan fingerprint density at radius 2 is 2.00 bits per heavy atom. The first-order valence-electron chi connectivity index (χ1n) is 7.02. The zero-order chi connectivity index (χ0) is 17.1. The highest BCUT2D eigenvalue weighted by molar-refractivity contribution is 6.30. The molecule has 0 aliphatic heterocycles. The molecular formula is C17H13ClN4O2. The van der Waals surface area contributed by atoms with Gasteiger partial charge in [-0.1, -0.05) is 17.7 Å². The number of carbonyl (C=O) groups excluding carboxylic acids is 1. The quantitative estimate of drug-likeness (QED) is 0.676. The average molecular weight is 341 g/mol. The number of carbonyl (C=O) groups is 1. The van der Waals surface area contributed by atoms with Crippen LogP contribution < -0.4 is 11.1 Å². The van der Waals surface area contributed by atoms with Crippen LogP contribution >= 0.6 is 11.6 Å². The third-order valence-corrected chi connectivity index (χ3v) is 3.53. The summed E-state index contributed by atoms with van der Waals surface area (Å²) in [5.74, 6) is -0.498. The van der Waals surface area contributed by atoms with Crippen LogP contribution in [0.25, 0.3) is 11.3 Å². The molecule has 1 amide bonds. The van der Waals surface area contributed by atoms with Crippen LogP contribution in [-0.4, -0.2) is 21.0 Å². The van der Waals surface area contributed by atoms with Crippen LogP contribution in [0.1, 0.15) is 10.4 Å². The van der Waals surface area contributed by atoms with Crippen molar-refractivity contribution in [3.63, 3.8) is 0 Å². The molecule has 0 saturated heterocycles. The largest absolute Gasteiger partial charge is 0.507 e. The fourth-order valence-corrected chi connectivity index (χ4v) is 2.36. The van der Waals surface area contributed by atoms with Gasteiger partial charge in [-0.25, -0.2) is 9.97 Å². The molecule has 2 aromatic carbocycles. The van der Waals surface area contributed by atoms with Gasteiger partial charge in [0.25, 0.3) is 5.91 Å². The predicted octanol–water partition coefficient (Wildman–Crippen LogP) is 3.35. The molecule has 7 heteroatoms. The lowest BCUT2D eigenvalue weighted by atomic mass is 10.1. The van der Waals surface area contributed by atoms with E-state index in [9.17, 15) is 9.90 Å². The van der Waals surface area contributed by atoms with Gasteiger partial charge < -0.3 is 16.2 Å². The molecule has 3 aromatic rings. The SMILES string of the molecule is NC(=O)c1cc(-c2ccnc(Nc3cccc(Cl)c3)n2)ccc1O. The van der Waals surface area contributed by atoms with Gasteiger partial charge in [0.2, 0.25) is 5.95 Å². The Bertz CT molecular complexity index is 915. The highest BCUT2D eigenvalue weighted by Crippen LogP contribution is 2.25. The Hall–Kier alpha value is -3.12. The van der Waals surface area contributed by atoms with Gasteiger partial charge in [-0.15, -0.1) is 0 Å². The lowest BCUT2D eigenvalue weighted by molar-refractivity contribution is 0.0998. The maximum Gasteiger partial charge on any atom is 0.252 e. The summed E-state index contributed by atoms with van der Waals surface area (Å²) in [4.78, 5) is 19.9. The number of aromatic hydroxyl groups is 1. The van der Waals surface area contributed by atoms with Crippen molar-refractivity contribution in [3.8, 4) is 17.0 Å². The molecule has 4 N–H and O–H groups in total. The van der Waals surface area contributed by atoms with Crippen LogP contribution in [0.5, 0.6) is 5.75 Å². The van der Waals surface area contributed by atoms with Gasteiger partial charge in [0.05, 0.1) is 11.3 Å². The van der Waals surface area contributed by atoms with E-state index in [1.165, 1.54) is 12.1 Å². The summed E-state index contributed by atoms with van der Waals surface area (Å²) in [6.45, 7) is 0. The van der Waals surface area contributed by atoms with E-state index in [-0.39, 0.29) is 11.3 Å². The standard InChI is InChI=1S/C17H13ClN4O2/c18-11-2-1-3-12(9-11)21-17-20-7-6-14(22-17)10-4-5-15(23)13(8-10)16(19)24/h1-9,23H,(H2,19,24)(H,20,21,22). The topological polar surface area (TPSA) is 101 Å². The van der Waals surface area contributed by atoms with Gasteiger partial charge in [-0.05, 0) is 42.5 Å². The van der Waals surface area contributed by atoms with Crippen LogP contribution in [0.2, 0.25) is 5.02 Å². The fraction of sp³-hybridized carbons (Fsp3) is 0. The first kappa shape index (κ1) is 15.8. The highest BCUT2D eigenvalue weighted by Gasteiger charge is 2.10. The van der Waals surface area contributed by atoms with Crippen LogP contribution in [-0.2, 0) is 0 Å². The maximum absolute atomic E-state index is 11.3. The van der Waals surface area contributed by atoms with E-state index in [2.05, 4.69) is 15.3 Å². The number of benzene rings is 2. The molecule has 0 bridgehead atoms. The van der Waals surface area contributed by atoms with E-state index in [1.807, 2.05) is 12.1 Å². The molecule has 0 spiro atoms. The monoisotopic (exact) mass is 340 g/mol. The Labute approximate surface area is 142 Å². The molecule has 0 aliphatic rings. The van der Waals surface area contributed by atoms with Crippen molar-refractivity contribution in [2.75, 3.05) is 5.32 Å². The number of rotatable bonds is 4. The fourth-order valence-electron chi connectivity index (χ4n) is 2.17. The van der Waals surface area contributed by atoms with Crippen LogP contribution in [0, 0.1) is 0 Å². The summed E-state index contributed by atoms with van der Waals surface area (Å²) in [6.07, 6.45) is 1.59. The molecular weight excluding hydrogens is 328 g/mol. The van der Waals surface area contributed by atoms with Gasteiger partial charge in [0.1, 0.15) is 5.75 Å². The molecule has 1 aromatic heterocycles. The second-order valence-electron chi connectivity index (χ2n) is 5.00. The number of nitrogens with one attached hydrogen (secondary N) is 1. The van der Waals surface area contributed by atoms with Crippen molar-refractivity contribution < 1.29 is 9.90 Å². The number of hydrogen-bond acceptors (Lipinski definition) is 5. The third kappa shape index (κ3) is 3.44. The Morgan fingerprint density at radius 1 is 1.17 bits per heavy atom. The van der Waals surface area contributed by atoms with Crippen LogP contribution in [0.4, 0.5) is 11.6 Å². The first-order chi connectivity index (χ1) is 11.5. The normalized spacial score (nSPS) is 10.4. The Morgan fingerprint density at radius 3 is 2.75 bits per heavy atom. The smallest absolute Gasteiger partial charge is 0.252 e. The van der Waals surface area contributed by atoms with Gasteiger partial charge in [-0.2, -0.15) is 0 Å². The molecule has 3 rings (SSSR count). The van der Waals surface area contributed by atoms with Crippen LogP contribution in [0.3, 0.4) is 0 Å². The summed E-state index contributed by atoms with van der Waals surface area (Å²) < 4.78 is 0. The molecule has 0 atom stereocenters. The molecule has 0 aliphatic carbocycles. The summed E-state index contributed by atoms with van der Waals surface area (Å²) in [5, 5.41) is 13.3.